The van der Waals surface area contributed by atoms with Gasteiger partial charge in [-0.15, -0.1) is 0 Å². The summed E-state index contributed by atoms with van der Waals surface area (Å²) in [4.78, 5) is 29.0. The quantitative estimate of drug-likeness (QED) is 0.225. The SMILES string of the molecule is CCC(C(=O)NCC(C)C)N(CCc1ccccc1)C(=O)CN(c1cc(Cl)ccc1OC)S(=O)(=O)c1ccc(OC)c(OC)c1. The lowest BCUT2D eigenvalue weighted by Crippen LogP contribution is -2.53. The molecule has 0 aliphatic rings. The van der Waals surface area contributed by atoms with Crippen molar-refractivity contribution in [2.45, 2.75) is 44.6 Å². The maximum Gasteiger partial charge on any atom is 0.265 e. The number of sulfonamides is 1. The van der Waals surface area contributed by atoms with Crippen molar-refractivity contribution >= 4 is 39.1 Å². The molecule has 0 aliphatic carbocycles. The van der Waals surface area contributed by atoms with Gasteiger partial charge in [0, 0.05) is 24.2 Å². The third-order valence-corrected chi connectivity index (χ3v) is 9.18. The fourth-order valence-electron chi connectivity index (χ4n) is 4.79. The normalized spacial score (nSPS) is 11.9. The van der Waals surface area contributed by atoms with Gasteiger partial charge in [-0.05, 0) is 54.7 Å². The number of methoxy groups -OCH3 is 3. The topological polar surface area (TPSA) is 114 Å². The lowest BCUT2D eigenvalue weighted by atomic mass is 10.1. The smallest absolute Gasteiger partial charge is 0.265 e. The van der Waals surface area contributed by atoms with Gasteiger partial charge in [0.15, 0.2) is 11.5 Å². The van der Waals surface area contributed by atoms with Gasteiger partial charge in [-0.25, -0.2) is 8.42 Å². The van der Waals surface area contributed by atoms with E-state index in [9.17, 15) is 18.0 Å². The van der Waals surface area contributed by atoms with Gasteiger partial charge in [0.25, 0.3) is 10.0 Å². The third-order valence-electron chi connectivity index (χ3n) is 7.19. The summed E-state index contributed by atoms with van der Waals surface area (Å²) in [7, 11) is -0.181. The van der Waals surface area contributed by atoms with E-state index in [0.717, 1.165) is 9.87 Å². The first-order valence-electron chi connectivity index (χ1n) is 14.7. The zero-order chi connectivity index (χ0) is 33.1. The second-order valence-corrected chi connectivity index (χ2v) is 13.0. The average molecular weight is 660 g/mol. The Hall–Kier alpha value is -3.96. The lowest BCUT2D eigenvalue weighted by molar-refractivity contribution is -0.139. The summed E-state index contributed by atoms with van der Waals surface area (Å²) in [5.41, 5.74) is 1.03. The van der Waals surface area contributed by atoms with Gasteiger partial charge < -0.3 is 24.4 Å². The van der Waals surface area contributed by atoms with E-state index in [4.69, 9.17) is 25.8 Å². The first-order chi connectivity index (χ1) is 21.5. The molecule has 3 aromatic rings. The highest BCUT2D eigenvalue weighted by molar-refractivity contribution is 7.92. The van der Waals surface area contributed by atoms with Gasteiger partial charge in [0.05, 0.1) is 31.9 Å². The van der Waals surface area contributed by atoms with E-state index >= 15 is 0 Å². The summed E-state index contributed by atoms with van der Waals surface area (Å²) in [6, 6.07) is 17.4. The number of carbonyl (C=O) groups excluding carboxylic acids is 2. The number of nitrogens with one attached hydrogen (secondary N) is 1. The summed E-state index contributed by atoms with van der Waals surface area (Å²) >= 11 is 6.33. The largest absolute Gasteiger partial charge is 0.495 e. The fourth-order valence-corrected chi connectivity index (χ4v) is 6.39. The number of halogens is 1. The van der Waals surface area contributed by atoms with E-state index < -0.39 is 28.5 Å². The Morgan fingerprint density at radius 3 is 2.13 bits per heavy atom. The van der Waals surface area contributed by atoms with Crippen LogP contribution in [0, 0.1) is 5.92 Å². The molecule has 0 bridgehead atoms. The van der Waals surface area contributed by atoms with Crippen LogP contribution in [0.15, 0.2) is 71.6 Å². The van der Waals surface area contributed by atoms with Gasteiger partial charge in [0.1, 0.15) is 18.3 Å². The number of hydrogen-bond donors (Lipinski definition) is 1. The standard InChI is InChI=1S/C33H42ClN3O7S/c1-7-27(33(39)35-21-23(2)3)36(18-17-24-11-9-8-10-12-24)32(38)22-37(28-19-25(34)13-15-29(28)42-4)45(40,41)26-14-16-30(43-5)31(20-26)44-6/h8-16,19-20,23,27H,7,17-18,21-22H2,1-6H3,(H,35,39). The van der Waals surface area contributed by atoms with Crippen LogP contribution in [-0.4, -0.2) is 72.1 Å². The van der Waals surface area contributed by atoms with Gasteiger partial charge in [-0.1, -0.05) is 62.7 Å². The van der Waals surface area contributed by atoms with E-state index in [2.05, 4.69) is 5.32 Å². The molecule has 0 heterocycles. The second-order valence-electron chi connectivity index (χ2n) is 10.7. The Balaban J connectivity index is 2.12. The number of amides is 2. The molecule has 244 valence electrons. The van der Waals surface area contributed by atoms with Gasteiger partial charge in [0.2, 0.25) is 11.8 Å². The summed E-state index contributed by atoms with van der Waals surface area (Å²) < 4.78 is 45.8. The van der Waals surface area contributed by atoms with Crippen LogP contribution in [-0.2, 0) is 26.0 Å². The number of anilines is 1. The van der Waals surface area contributed by atoms with Crippen LogP contribution in [0.3, 0.4) is 0 Å². The second kappa shape index (κ2) is 16.4. The van der Waals surface area contributed by atoms with Crippen LogP contribution < -0.4 is 23.8 Å². The van der Waals surface area contributed by atoms with E-state index in [1.54, 1.807) is 6.07 Å². The number of carbonyl (C=O) groups is 2. The van der Waals surface area contributed by atoms with Crippen LogP contribution in [0.25, 0.3) is 0 Å². The predicted molar refractivity (Wildman–Crippen MR) is 176 cm³/mol. The molecule has 10 nitrogen and oxygen atoms in total. The summed E-state index contributed by atoms with van der Waals surface area (Å²) in [6.45, 7) is 5.78. The first-order valence-corrected chi connectivity index (χ1v) is 16.5. The highest BCUT2D eigenvalue weighted by Crippen LogP contribution is 2.37. The van der Waals surface area contributed by atoms with Crippen molar-refractivity contribution in [3.63, 3.8) is 0 Å². The molecule has 0 saturated carbocycles. The highest BCUT2D eigenvalue weighted by Gasteiger charge is 2.35. The van der Waals surface area contributed by atoms with Gasteiger partial charge in [-0.2, -0.15) is 0 Å². The minimum atomic E-state index is -4.42. The van der Waals surface area contributed by atoms with Crippen molar-refractivity contribution < 1.29 is 32.2 Å². The Morgan fingerprint density at radius 1 is 0.889 bits per heavy atom. The van der Waals surface area contributed by atoms with Gasteiger partial charge in [-0.3, -0.25) is 13.9 Å². The van der Waals surface area contributed by atoms with Gasteiger partial charge >= 0.3 is 0 Å². The molecular formula is C33H42ClN3O7S. The molecule has 1 N–H and O–H groups in total. The maximum atomic E-state index is 14.3. The minimum absolute atomic E-state index is 0.0634. The molecule has 12 heteroatoms. The van der Waals surface area contributed by atoms with Crippen molar-refractivity contribution in [3.8, 4) is 17.2 Å². The number of ether oxygens (including phenoxy) is 3. The first kappa shape index (κ1) is 35.5. The van der Waals surface area contributed by atoms with Crippen molar-refractivity contribution in [2.24, 2.45) is 5.92 Å². The third kappa shape index (κ3) is 9.04. The molecule has 0 saturated heterocycles. The molecule has 3 aromatic carbocycles. The predicted octanol–water partition coefficient (Wildman–Crippen LogP) is 5.18. The Bertz CT molecular complexity index is 1550. The van der Waals surface area contributed by atoms with Crippen molar-refractivity contribution in [3.05, 3.63) is 77.3 Å². The molecule has 0 spiro atoms. The van der Waals surface area contributed by atoms with E-state index in [1.807, 2.05) is 51.1 Å². The monoisotopic (exact) mass is 659 g/mol. The molecule has 45 heavy (non-hydrogen) atoms. The minimum Gasteiger partial charge on any atom is -0.495 e. The molecule has 0 radical (unpaired) electrons. The van der Waals surface area contributed by atoms with Crippen LogP contribution >= 0.6 is 11.6 Å². The van der Waals surface area contributed by atoms with Crippen LogP contribution in [0.1, 0.15) is 32.8 Å². The zero-order valence-corrected chi connectivity index (χ0v) is 28.2. The summed E-state index contributed by atoms with van der Waals surface area (Å²) in [5, 5.41) is 3.17. The van der Waals surface area contributed by atoms with Crippen molar-refractivity contribution in [1.82, 2.24) is 10.2 Å². The number of rotatable bonds is 16. The molecule has 0 fully saturated rings. The number of nitrogens with zero attached hydrogens (tertiary/aromatic N) is 2. The van der Waals surface area contributed by atoms with E-state index in [1.165, 1.54) is 56.6 Å². The maximum absolute atomic E-state index is 14.3. The summed E-state index contributed by atoms with van der Waals surface area (Å²) in [5.74, 6) is 0.0573. The summed E-state index contributed by atoms with van der Waals surface area (Å²) in [6.07, 6.45) is 0.789. The zero-order valence-electron chi connectivity index (χ0n) is 26.6. The van der Waals surface area contributed by atoms with Crippen LogP contribution in [0.2, 0.25) is 5.02 Å². The van der Waals surface area contributed by atoms with Crippen molar-refractivity contribution in [1.29, 1.82) is 0 Å². The average Bonchev–Trinajstić information content (AvgIpc) is 3.04. The highest BCUT2D eigenvalue weighted by atomic mass is 35.5. The molecule has 3 rings (SSSR count). The number of hydrogen-bond acceptors (Lipinski definition) is 7. The van der Waals surface area contributed by atoms with E-state index in [0.29, 0.717) is 25.1 Å². The molecule has 2 amide bonds. The Labute approximate surface area is 271 Å². The Morgan fingerprint density at radius 2 is 1.53 bits per heavy atom. The van der Waals surface area contributed by atoms with Crippen molar-refractivity contribution in [2.75, 3.05) is 45.3 Å². The van der Waals surface area contributed by atoms with E-state index in [-0.39, 0.29) is 45.5 Å². The van der Waals surface area contributed by atoms with Crippen LogP contribution in [0.4, 0.5) is 5.69 Å². The molecule has 1 unspecified atom stereocenters. The lowest BCUT2D eigenvalue weighted by Gasteiger charge is -2.33. The molecule has 1 atom stereocenters. The number of benzene rings is 3. The Kier molecular flexibility index (Phi) is 12.9. The molecular weight excluding hydrogens is 618 g/mol. The van der Waals surface area contributed by atoms with Crippen LogP contribution in [0.5, 0.6) is 17.2 Å². The fraction of sp³-hybridized carbons (Fsp3) is 0.394. The molecule has 0 aromatic heterocycles. The molecule has 0 aliphatic heterocycles.